The number of hydrogen-bond donors (Lipinski definition) is 1. The predicted molar refractivity (Wildman–Crippen MR) is 157 cm³/mol. The second-order valence-corrected chi connectivity index (χ2v) is 10.5. The number of aryl methyl sites for hydroxylation is 2. The van der Waals surface area contributed by atoms with E-state index in [0.717, 1.165) is 32.7 Å². The van der Waals surface area contributed by atoms with Crippen LogP contribution in [0.4, 0.5) is 11.4 Å². The molecule has 0 aliphatic carbocycles. The van der Waals surface area contributed by atoms with E-state index in [1.807, 2.05) is 0 Å². The number of allylic oxidation sites excluding steroid dienone is 2. The molecule has 0 aromatic heterocycles. The number of nitrogens with zero attached hydrogens (tertiary/aromatic N) is 3. The Kier molecular flexibility index (Phi) is 9.44. The molecule has 4 rings (SSSR count). The van der Waals surface area contributed by atoms with Crippen LogP contribution >= 0.6 is 0 Å². The second-order valence-electron chi connectivity index (χ2n) is 10.5. The fourth-order valence-electron chi connectivity index (χ4n) is 5.83. The number of esters is 2. The molecule has 2 heterocycles. The van der Waals surface area contributed by atoms with Gasteiger partial charge in [-0.1, -0.05) is 30.3 Å². The van der Waals surface area contributed by atoms with Crippen molar-refractivity contribution in [1.82, 2.24) is 10.2 Å². The van der Waals surface area contributed by atoms with E-state index in [9.17, 15) is 19.7 Å². The van der Waals surface area contributed by atoms with E-state index in [0.29, 0.717) is 23.4 Å². The molecule has 2 aromatic carbocycles. The predicted octanol–water partition coefficient (Wildman–Crippen LogP) is 4.37. The summed E-state index contributed by atoms with van der Waals surface area (Å²) in [7, 11) is 1.26. The van der Waals surface area contributed by atoms with Gasteiger partial charge in [-0.25, -0.2) is 9.59 Å². The number of carbonyl (C=O) groups is 2. The average Bonchev–Trinajstić information content (AvgIpc) is 2.95. The van der Waals surface area contributed by atoms with Gasteiger partial charge in [-0.15, -0.1) is 0 Å². The Morgan fingerprint density at radius 1 is 0.951 bits per heavy atom. The van der Waals surface area contributed by atoms with E-state index in [4.69, 9.17) is 9.47 Å². The summed E-state index contributed by atoms with van der Waals surface area (Å²) in [5.74, 6) is -2.06. The van der Waals surface area contributed by atoms with Crippen molar-refractivity contribution >= 4 is 23.3 Å². The Morgan fingerprint density at radius 3 is 2.17 bits per heavy atom. The monoisotopic (exact) mass is 562 g/mol. The number of benzene rings is 2. The van der Waals surface area contributed by atoms with Crippen molar-refractivity contribution in [2.45, 2.75) is 40.0 Å². The minimum atomic E-state index is -0.867. The molecular weight excluding hydrogens is 524 g/mol. The number of para-hydroxylation sites is 1. The number of methoxy groups -OCH3 is 1. The van der Waals surface area contributed by atoms with E-state index in [1.54, 1.807) is 19.9 Å². The highest BCUT2D eigenvalue weighted by molar-refractivity contribution is 5.99. The minimum Gasteiger partial charge on any atom is -0.466 e. The summed E-state index contributed by atoms with van der Waals surface area (Å²) in [6.07, 6.45) is 0.662. The zero-order valence-electron chi connectivity index (χ0n) is 24.4. The highest BCUT2D eigenvalue weighted by Gasteiger charge is 2.38. The lowest BCUT2D eigenvalue weighted by Gasteiger charge is -2.37. The highest BCUT2D eigenvalue weighted by Crippen LogP contribution is 2.40. The third-order valence-electron chi connectivity index (χ3n) is 7.78. The van der Waals surface area contributed by atoms with E-state index in [1.165, 1.54) is 42.1 Å². The lowest BCUT2D eigenvalue weighted by atomic mass is 9.80. The molecule has 1 atom stereocenters. The molecule has 0 bridgehead atoms. The molecule has 2 aliphatic rings. The smallest absolute Gasteiger partial charge is 0.336 e. The normalized spacial score (nSPS) is 17.8. The van der Waals surface area contributed by atoms with Gasteiger partial charge in [-0.2, -0.15) is 0 Å². The molecule has 0 radical (unpaired) electrons. The summed E-state index contributed by atoms with van der Waals surface area (Å²) >= 11 is 0. The Bertz CT molecular complexity index is 1370. The molecule has 2 aromatic rings. The van der Waals surface area contributed by atoms with Crippen LogP contribution in [0.2, 0.25) is 0 Å². The average molecular weight is 563 g/mol. The fourth-order valence-corrected chi connectivity index (χ4v) is 5.83. The zero-order chi connectivity index (χ0) is 29.7. The van der Waals surface area contributed by atoms with Crippen LogP contribution in [0.15, 0.2) is 65.0 Å². The molecule has 0 amide bonds. The molecule has 218 valence electrons. The van der Waals surface area contributed by atoms with Crippen LogP contribution in [0.25, 0.3) is 0 Å². The summed E-state index contributed by atoms with van der Waals surface area (Å²) in [6, 6.07) is 12.3. The second kappa shape index (κ2) is 13.0. The Morgan fingerprint density at radius 2 is 1.56 bits per heavy atom. The summed E-state index contributed by atoms with van der Waals surface area (Å²) in [6.45, 7) is 12.5. The maximum atomic E-state index is 13.4. The van der Waals surface area contributed by atoms with Gasteiger partial charge in [-0.3, -0.25) is 15.0 Å². The van der Waals surface area contributed by atoms with Gasteiger partial charge >= 0.3 is 11.9 Å². The number of piperazine rings is 1. The van der Waals surface area contributed by atoms with Gasteiger partial charge in [0.1, 0.15) is 0 Å². The number of non-ortho nitro benzene ring substituents is 1. The summed E-state index contributed by atoms with van der Waals surface area (Å²) in [4.78, 5) is 42.0. The van der Waals surface area contributed by atoms with Crippen LogP contribution in [0, 0.1) is 24.0 Å². The Hall–Kier alpha value is -4.18. The van der Waals surface area contributed by atoms with Crippen molar-refractivity contribution in [2.24, 2.45) is 0 Å². The fraction of sp³-hybridized carbons (Fsp3) is 0.419. The van der Waals surface area contributed by atoms with Crippen LogP contribution in [0.5, 0.6) is 0 Å². The van der Waals surface area contributed by atoms with Gasteiger partial charge in [0, 0.05) is 61.9 Å². The number of hydrogen-bond acceptors (Lipinski definition) is 9. The molecule has 0 saturated carbocycles. The van der Waals surface area contributed by atoms with Gasteiger partial charge in [-0.05, 0) is 50.8 Å². The molecule has 1 N–H and O–H groups in total. The molecule has 0 spiro atoms. The van der Waals surface area contributed by atoms with Crippen LogP contribution in [0.3, 0.4) is 0 Å². The van der Waals surface area contributed by atoms with Gasteiger partial charge in [0.15, 0.2) is 0 Å². The molecule has 1 saturated heterocycles. The van der Waals surface area contributed by atoms with Crippen molar-refractivity contribution in [3.63, 3.8) is 0 Å². The SMILES string of the molecule is COC(=O)C1=C(C)NC(C)=C(C(=O)OCCCN2CCN(c3c(C)cccc3C)CC2)C1c1cccc([N+](=O)[O-])c1. The third-order valence-corrected chi connectivity index (χ3v) is 7.78. The molecule has 10 heteroatoms. The maximum Gasteiger partial charge on any atom is 0.336 e. The zero-order valence-corrected chi connectivity index (χ0v) is 24.4. The number of nitro groups is 1. The minimum absolute atomic E-state index is 0.133. The standard InChI is InChI=1S/C31H38N4O6/c1-20-9-6-10-21(2)29(20)34-16-14-33(15-17-34)13-8-18-41-31(37)27-23(4)32-22(3)26(30(36)40-5)28(27)24-11-7-12-25(19-24)35(38)39/h6-7,9-12,19,28,32H,8,13-18H2,1-5H3. The first-order chi connectivity index (χ1) is 19.6. The van der Waals surface area contributed by atoms with Gasteiger partial charge in [0.2, 0.25) is 0 Å². The maximum absolute atomic E-state index is 13.4. The van der Waals surface area contributed by atoms with E-state index in [2.05, 4.69) is 47.2 Å². The van der Waals surface area contributed by atoms with E-state index >= 15 is 0 Å². The number of anilines is 1. The number of nitrogens with one attached hydrogen (secondary N) is 1. The first-order valence-electron chi connectivity index (χ1n) is 13.8. The molecule has 1 unspecified atom stereocenters. The number of rotatable bonds is 9. The van der Waals surface area contributed by atoms with Crippen LogP contribution < -0.4 is 10.2 Å². The molecule has 41 heavy (non-hydrogen) atoms. The molecule has 1 fully saturated rings. The van der Waals surface area contributed by atoms with Crippen LogP contribution in [-0.2, 0) is 19.1 Å². The van der Waals surface area contributed by atoms with Gasteiger partial charge < -0.3 is 19.7 Å². The van der Waals surface area contributed by atoms with E-state index in [-0.39, 0.29) is 23.4 Å². The summed E-state index contributed by atoms with van der Waals surface area (Å²) in [5.41, 5.74) is 5.69. The van der Waals surface area contributed by atoms with E-state index < -0.39 is 22.8 Å². The van der Waals surface area contributed by atoms with Crippen molar-refractivity contribution in [1.29, 1.82) is 0 Å². The van der Waals surface area contributed by atoms with Crippen molar-refractivity contribution < 1.29 is 24.0 Å². The van der Waals surface area contributed by atoms with Crippen LogP contribution in [0.1, 0.15) is 42.9 Å². The number of dihydropyridines is 1. The quantitative estimate of drug-likeness (QED) is 0.206. The van der Waals surface area contributed by atoms with Crippen LogP contribution in [-0.4, -0.2) is 68.2 Å². The van der Waals surface area contributed by atoms with Crippen molar-refractivity contribution in [2.75, 3.05) is 51.3 Å². The molecule has 2 aliphatic heterocycles. The highest BCUT2D eigenvalue weighted by atomic mass is 16.6. The largest absolute Gasteiger partial charge is 0.466 e. The third kappa shape index (κ3) is 6.59. The van der Waals surface area contributed by atoms with Crippen molar-refractivity contribution in [3.8, 4) is 0 Å². The lowest BCUT2D eigenvalue weighted by molar-refractivity contribution is -0.384. The topological polar surface area (TPSA) is 114 Å². The Labute approximate surface area is 240 Å². The number of ether oxygens (including phenoxy) is 2. The summed E-state index contributed by atoms with van der Waals surface area (Å²) < 4.78 is 10.7. The van der Waals surface area contributed by atoms with Crippen molar-refractivity contribution in [3.05, 3.63) is 91.8 Å². The molecule has 10 nitrogen and oxygen atoms in total. The van der Waals surface area contributed by atoms with Gasteiger partial charge in [0.05, 0.1) is 35.7 Å². The number of carbonyl (C=O) groups excluding carboxylic acids is 2. The first-order valence-corrected chi connectivity index (χ1v) is 13.8. The first kappa shape index (κ1) is 29.8. The number of nitro benzene ring substituents is 1. The lowest BCUT2D eigenvalue weighted by Crippen LogP contribution is -2.47. The van der Waals surface area contributed by atoms with Gasteiger partial charge in [0.25, 0.3) is 5.69 Å². The summed E-state index contributed by atoms with van der Waals surface area (Å²) in [5, 5.41) is 14.5. The molecular formula is C31H38N4O6. The Balaban J connectivity index is 1.40.